The van der Waals surface area contributed by atoms with E-state index in [1.54, 1.807) is 11.3 Å². The van der Waals surface area contributed by atoms with Gasteiger partial charge in [0.15, 0.2) is 0 Å². The van der Waals surface area contributed by atoms with Crippen LogP contribution in [0.15, 0.2) is 84.9 Å². The van der Waals surface area contributed by atoms with Crippen molar-refractivity contribution in [1.29, 1.82) is 0 Å². The van der Waals surface area contributed by atoms with Crippen LogP contribution in [0.5, 0.6) is 0 Å². The molecule has 0 atom stereocenters. The van der Waals surface area contributed by atoms with Gasteiger partial charge < -0.3 is 0 Å². The number of hydrogen-bond donors (Lipinski definition) is 0. The Kier molecular flexibility index (Phi) is 5.92. The van der Waals surface area contributed by atoms with E-state index in [-0.39, 0.29) is 5.41 Å². The summed E-state index contributed by atoms with van der Waals surface area (Å²) in [6.45, 7) is 6.52. The molecule has 2 heteroatoms. The van der Waals surface area contributed by atoms with Gasteiger partial charge in [0.2, 0.25) is 0 Å². The van der Waals surface area contributed by atoms with Crippen molar-refractivity contribution in [3.63, 3.8) is 0 Å². The van der Waals surface area contributed by atoms with Crippen molar-refractivity contribution >= 4 is 21.6 Å². The first-order valence-corrected chi connectivity index (χ1v) is 13.7. The van der Waals surface area contributed by atoms with Crippen LogP contribution in [0.3, 0.4) is 0 Å². The zero-order valence-corrected chi connectivity index (χ0v) is 22.2. The molecule has 0 radical (unpaired) electrons. The van der Waals surface area contributed by atoms with Gasteiger partial charge in [0, 0.05) is 27.7 Å². The largest absolute Gasteiger partial charge is 0.236 e. The minimum atomic E-state index is 0.00296. The van der Waals surface area contributed by atoms with E-state index in [1.165, 1.54) is 32.5 Å². The number of fused-ring (bicyclic) bond motifs is 4. The van der Waals surface area contributed by atoms with Gasteiger partial charge in [-0.2, -0.15) is 0 Å². The molecule has 4 aromatic carbocycles. The van der Waals surface area contributed by atoms with Crippen LogP contribution in [0.1, 0.15) is 61.4 Å². The first-order valence-electron chi connectivity index (χ1n) is 12.9. The first-order chi connectivity index (χ1) is 18.1. The van der Waals surface area contributed by atoms with Crippen molar-refractivity contribution in [3.8, 4) is 45.4 Å². The quantitative estimate of drug-likeness (QED) is 0.229. The maximum absolute atomic E-state index is 5.01. The molecule has 0 aliphatic heterocycles. The molecule has 37 heavy (non-hydrogen) atoms. The van der Waals surface area contributed by atoms with E-state index in [4.69, 9.17) is 4.98 Å². The van der Waals surface area contributed by atoms with Crippen molar-refractivity contribution in [3.05, 3.63) is 113 Å². The van der Waals surface area contributed by atoms with Crippen LogP contribution in [-0.2, 0) is 5.41 Å². The lowest BCUT2D eigenvalue weighted by molar-refractivity contribution is 0.490. The van der Waals surface area contributed by atoms with E-state index >= 15 is 0 Å². The van der Waals surface area contributed by atoms with Crippen molar-refractivity contribution < 1.29 is 0 Å². The Labute approximate surface area is 223 Å². The van der Waals surface area contributed by atoms with Gasteiger partial charge in [0.25, 0.3) is 0 Å². The molecule has 1 aliphatic carbocycles. The van der Waals surface area contributed by atoms with E-state index in [0.717, 1.165) is 40.1 Å². The predicted octanol–water partition coefficient (Wildman–Crippen LogP) is 8.82. The second-order valence-corrected chi connectivity index (χ2v) is 10.5. The molecular weight excluding hydrogens is 466 g/mol. The zero-order chi connectivity index (χ0) is 25.4. The Hall–Kier alpha value is -4.11. The monoisotopic (exact) mass is 493 g/mol. The fourth-order valence-electron chi connectivity index (χ4n) is 5.65. The third kappa shape index (κ3) is 3.95. The van der Waals surface area contributed by atoms with Gasteiger partial charge in [0.1, 0.15) is 5.01 Å². The van der Waals surface area contributed by atoms with Gasteiger partial charge in [-0.3, -0.25) is 0 Å². The molecule has 0 unspecified atom stereocenters. The number of hydrogen-bond acceptors (Lipinski definition) is 2. The molecular formula is C35H27NS. The lowest BCUT2D eigenvalue weighted by atomic mass is 9.73. The summed E-state index contributed by atoms with van der Waals surface area (Å²) in [7, 11) is 0. The third-order valence-electron chi connectivity index (χ3n) is 7.60. The lowest BCUT2D eigenvalue weighted by Crippen LogP contribution is -2.23. The maximum Gasteiger partial charge on any atom is 0.124 e. The second kappa shape index (κ2) is 9.40. The molecule has 0 bridgehead atoms. The van der Waals surface area contributed by atoms with Crippen LogP contribution in [0.2, 0.25) is 0 Å². The summed E-state index contributed by atoms with van der Waals surface area (Å²) >= 11 is 1.74. The fraction of sp³-hybridized carbons (Fsp3) is 0.171. The van der Waals surface area contributed by atoms with E-state index in [2.05, 4.69) is 92.1 Å². The molecule has 0 saturated heterocycles. The highest BCUT2D eigenvalue weighted by atomic mass is 32.1. The van der Waals surface area contributed by atoms with Crippen molar-refractivity contribution in [2.45, 2.75) is 39.0 Å². The van der Waals surface area contributed by atoms with Crippen molar-refractivity contribution in [2.75, 3.05) is 0 Å². The van der Waals surface area contributed by atoms with E-state index in [9.17, 15) is 0 Å². The van der Waals surface area contributed by atoms with E-state index < -0.39 is 0 Å². The standard InChI is InChI=1S/C35H27NS/c1-4-10-25-15-18-28-29-19-17-27(23-31(29)35(5-2,6-3)30(28)21-25)34-36-32-20-16-26(22-33(32)37-34)14-13-24-11-8-7-9-12-24/h7-9,11-12,15-23H,5-6H2,1-3H3. The van der Waals surface area contributed by atoms with Gasteiger partial charge in [-0.25, -0.2) is 4.98 Å². The van der Waals surface area contributed by atoms with E-state index in [0.29, 0.717) is 0 Å². The molecule has 1 aromatic heterocycles. The Balaban J connectivity index is 1.41. The molecule has 0 spiro atoms. The Morgan fingerprint density at radius 1 is 0.703 bits per heavy atom. The summed E-state index contributed by atoms with van der Waals surface area (Å²) in [4.78, 5) is 5.01. The summed E-state index contributed by atoms with van der Waals surface area (Å²) < 4.78 is 1.17. The number of thiazole rings is 1. The van der Waals surface area contributed by atoms with Crippen LogP contribution < -0.4 is 0 Å². The molecule has 1 nitrogen and oxygen atoms in total. The zero-order valence-electron chi connectivity index (χ0n) is 21.4. The second-order valence-electron chi connectivity index (χ2n) is 9.50. The molecule has 0 N–H and O–H groups in total. The van der Waals surface area contributed by atoms with Crippen LogP contribution in [0, 0.1) is 23.7 Å². The SMILES string of the molecule is CC#Cc1ccc2c(c1)C(CC)(CC)c1cc(-c3nc4ccc(C#Cc5ccccc5)cc4s3)ccc1-2. The minimum absolute atomic E-state index is 0.00296. The Morgan fingerprint density at radius 2 is 1.38 bits per heavy atom. The summed E-state index contributed by atoms with van der Waals surface area (Å²) in [5.41, 5.74) is 10.9. The predicted molar refractivity (Wildman–Crippen MR) is 157 cm³/mol. The molecule has 5 aromatic rings. The lowest BCUT2D eigenvalue weighted by Gasteiger charge is -2.30. The maximum atomic E-state index is 5.01. The minimum Gasteiger partial charge on any atom is -0.236 e. The van der Waals surface area contributed by atoms with Crippen LogP contribution in [-0.4, -0.2) is 4.98 Å². The molecule has 1 heterocycles. The van der Waals surface area contributed by atoms with Gasteiger partial charge in [0.05, 0.1) is 10.2 Å². The highest BCUT2D eigenvalue weighted by molar-refractivity contribution is 7.21. The third-order valence-corrected chi connectivity index (χ3v) is 8.66. The van der Waals surface area contributed by atoms with Gasteiger partial charge in [-0.15, -0.1) is 17.3 Å². The summed E-state index contributed by atoms with van der Waals surface area (Å²) in [5, 5.41) is 1.06. The number of nitrogens with zero attached hydrogens (tertiary/aromatic N) is 1. The van der Waals surface area contributed by atoms with E-state index in [1.807, 2.05) is 37.3 Å². The number of aromatic nitrogens is 1. The number of benzene rings is 4. The Bertz CT molecular complexity index is 1760. The van der Waals surface area contributed by atoms with Crippen LogP contribution in [0.4, 0.5) is 0 Å². The first kappa shape index (κ1) is 23.3. The van der Waals surface area contributed by atoms with Crippen LogP contribution >= 0.6 is 11.3 Å². The number of rotatable bonds is 3. The summed E-state index contributed by atoms with van der Waals surface area (Å²) in [5.74, 6) is 12.9. The van der Waals surface area contributed by atoms with Gasteiger partial charge in [-0.05, 0) is 90.6 Å². The normalized spacial score (nSPS) is 12.7. The molecule has 0 fully saturated rings. The molecule has 178 valence electrons. The van der Waals surface area contributed by atoms with Crippen molar-refractivity contribution in [1.82, 2.24) is 4.98 Å². The van der Waals surface area contributed by atoms with Crippen LogP contribution in [0.25, 0.3) is 31.9 Å². The molecule has 6 rings (SSSR count). The molecule has 0 saturated carbocycles. The summed E-state index contributed by atoms with van der Waals surface area (Å²) in [6, 6.07) is 30.1. The summed E-state index contributed by atoms with van der Waals surface area (Å²) in [6.07, 6.45) is 2.11. The highest BCUT2D eigenvalue weighted by Crippen LogP contribution is 2.53. The average molecular weight is 494 g/mol. The Morgan fingerprint density at radius 3 is 2.14 bits per heavy atom. The van der Waals surface area contributed by atoms with Crippen molar-refractivity contribution in [2.24, 2.45) is 0 Å². The smallest absolute Gasteiger partial charge is 0.124 e. The van der Waals surface area contributed by atoms with Gasteiger partial charge >= 0.3 is 0 Å². The fourth-order valence-corrected chi connectivity index (χ4v) is 6.66. The average Bonchev–Trinajstić information content (AvgIpc) is 3.49. The topological polar surface area (TPSA) is 12.9 Å². The van der Waals surface area contributed by atoms with Gasteiger partial charge in [-0.1, -0.05) is 68.0 Å². The molecule has 1 aliphatic rings. The highest BCUT2D eigenvalue weighted by Gasteiger charge is 2.40. The molecule has 0 amide bonds.